The molecule has 0 amide bonds. The molecule has 12 heavy (non-hydrogen) atoms. The Labute approximate surface area is 74.6 Å². The topological polar surface area (TPSA) is 52.6 Å². The third-order valence-corrected chi connectivity index (χ3v) is 2.84. The average molecular weight is 193 g/mol. The van der Waals surface area contributed by atoms with E-state index in [1.807, 2.05) is 0 Å². The van der Waals surface area contributed by atoms with Gasteiger partial charge < -0.3 is 9.47 Å². The van der Waals surface area contributed by atoms with Crippen LogP contribution in [0, 0.1) is 0 Å². The van der Waals surface area contributed by atoms with E-state index in [9.17, 15) is 9.59 Å². The lowest BCUT2D eigenvalue weighted by Crippen LogP contribution is -2.07. The average Bonchev–Trinajstić information content (AvgIpc) is 2.11. The van der Waals surface area contributed by atoms with Crippen LogP contribution in [-0.2, 0) is 14.3 Å². The molecule has 0 heterocycles. The van der Waals surface area contributed by atoms with Gasteiger partial charge >= 0.3 is 11.3 Å². The largest absolute Gasteiger partial charge is 0.469 e. The summed E-state index contributed by atoms with van der Waals surface area (Å²) in [6, 6.07) is 0. The summed E-state index contributed by atoms with van der Waals surface area (Å²) in [4.78, 5) is 21.5. The predicted octanol–water partition coefficient (Wildman–Crippen LogP) is 1.21. The fourth-order valence-corrected chi connectivity index (χ4v) is 1.49. The maximum Gasteiger partial charge on any atom is 0.357 e. The van der Waals surface area contributed by atoms with Crippen molar-refractivity contribution in [3.05, 3.63) is 0 Å². The zero-order valence-electron chi connectivity index (χ0n) is 7.46. The fraction of sp³-hybridized carbons (Fsp3) is 0.714. The predicted molar refractivity (Wildman–Crippen MR) is 47.4 cm³/mol. The van der Waals surface area contributed by atoms with Gasteiger partial charge in [-0.05, 0) is 6.26 Å². The minimum atomic E-state index is -0.499. The Morgan fingerprint density at radius 2 is 1.83 bits per heavy atom. The minimum Gasteiger partial charge on any atom is -0.469 e. The summed E-state index contributed by atoms with van der Waals surface area (Å²) in [6.07, 6.45) is 2.01. The number of hydrogen-bond donors (Lipinski definition) is 0. The first-order chi connectivity index (χ1) is 5.61. The van der Waals surface area contributed by atoms with E-state index >= 15 is 0 Å². The maximum atomic E-state index is 10.9. The molecule has 0 aliphatic rings. The lowest BCUT2D eigenvalue weighted by Gasteiger charge is -2.09. The van der Waals surface area contributed by atoms with E-state index in [0.29, 0.717) is 5.75 Å². The normalized spacial score (nSPS) is 9.67. The van der Waals surface area contributed by atoms with Gasteiger partial charge in [0, 0.05) is 5.75 Å². The van der Waals surface area contributed by atoms with E-state index in [0.717, 1.165) is 0 Å². The number of esters is 1. The summed E-state index contributed by atoms with van der Waals surface area (Å²) in [5.74, 6) is 0.206. The van der Waals surface area contributed by atoms with Crippen LogP contribution in [0.15, 0.2) is 0 Å². The van der Waals surface area contributed by atoms with Crippen molar-refractivity contribution in [2.75, 3.05) is 26.2 Å². The van der Waals surface area contributed by atoms with Crippen LogP contribution in [0.4, 0.5) is 4.79 Å². The molecule has 4 nitrogen and oxygen atoms in total. The van der Waals surface area contributed by atoms with Crippen molar-refractivity contribution in [1.82, 2.24) is 0 Å². The summed E-state index contributed by atoms with van der Waals surface area (Å²) < 4.78 is 8.93. The van der Waals surface area contributed by atoms with Crippen molar-refractivity contribution in [2.45, 2.75) is 6.42 Å². The zero-order valence-corrected chi connectivity index (χ0v) is 8.27. The molecule has 0 saturated carbocycles. The first-order valence-electron chi connectivity index (χ1n) is 3.39. The van der Waals surface area contributed by atoms with E-state index in [2.05, 4.69) is 9.47 Å². The number of rotatable bonds is 3. The second-order valence-corrected chi connectivity index (χ2v) is 4.14. The molecule has 0 rings (SSSR count). The summed E-state index contributed by atoms with van der Waals surface area (Å²) in [7, 11) is 2.17. The Morgan fingerprint density at radius 3 is 2.25 bits per heavy atom. The van der Waals surface area contributed by atoms with E-state index in [-0.39, 0.29) is 17.7 Å². The standard InChI is InChI=1S/C7H13O4S/c1-10-6(8)4-5-12(3)7(9)11-2/h4-5H2,1-3H3. The highest BCUT2D eigenvalue weighted by Crippen LogP contribution is 2.23. The van der Waals surface area contributed by atoms with Gasteiger partial charge in [-0.15, -0.1) is 10.9 Å². The second kappa shape index (κ2) is 5.88. The smallest absolute Gasteiger partial charge is 0.357 e. The van der Waals surface area contributed by atoms with Crippen molar-refractivity contribution in [3.63, 3.8) is 0 Å². The number of carbonyl (C=O) groups is 2. The summed E-state index contributed by atoms with van der Waals surface area (Å²) in [5.41, 5.74) is 0. The molecule has 71 valence electrons. The molecule has 0 atom stereocenters. The Kier molecular flexibility index (Phi) is 5.53. The van der Waals surface area contributed by atoms with Gasteiger partial charge in [-0.3, -0.25) is 4.79 Å². The molecule has 1 radical (unpaired) electrons. The third kappa shape index (κ3) is 4.23. The van der Waals surface area contributed by atoms with Crippen molar-refractivity contribution in [3.8, 4) is 0 Å². The lowest BCUT2D eigenvalue weighted by atomic mass is 10.5. The summed E-state index contributed by atoms with van der Waals surface area (Å²) in [6.45, 7) is 0. The maximum absolute atomic E-state index is 10.9. The SMILES string of the molecule is COC(=O)CC[S](C)C(=O)OC. The number of methoxy groups -OCH3 is 2. The molecule has 0 aliphatic carbocycles. The van der Waals surface area contributed by atoms with E-state index < -0.39 is 10.9 Å². The Morgan fingerprint density at radius 1 is 1.25 bits per heavy atom. The minimum absolute atomic E-state index is 0.265. The molecule has 0 aliphatic heterocycles. The van der Waals surface area contributed by atoms with Crippen molar-refractivity contribution in [2.24, 2.45) is 0 Å². The Hall–Kier alpha value is -0.710. The Balaban J connectivity index is 3.63. The molecule has 0 saturated heterocycles. The molecular weight excluding hydrogens is 180 g/mol. The number of carbonyl (C=O) groups excluding carboxylic acids is 2. The van der Waals surface area contributed by atoms with Crippen molar-refractivity contribution in [1.29, 1.82) is 0 Å². The molecule has 0 fully saturated rings. The van der Waals surface area contributed by atoms with Gasteiger partial charge in [0.1, 0.15) is 0 Å². The van der Waals surface area contributed by atoms with Gasteiger partial charge in [0.05, 0.1) is 20.6 Å². The molecule has 0 aromatic heterocycles. The lowest BCUT2D eigenvalue weighted by molar-refractivity contribution is -0.140. The molecule has 0 aromatic carbocycles. The molecular formula is C7H13O4S. The van der Waals surface area contributed by atoms with Gasteiger partial charge in [-0.2, -0.15) is 0 Å². The van der Waals surface area contributed by atoms with Gasteiger partial charge in [0.2, 0.25) is 0 Å². The molecule has 0 spiro atoms. The monoisotopic (exact) mass is 193 g/mol. The van der Waals surface area contributed by atoms with Gasteiger partial charge in [0.25, 0.3) is 0 Å². The Bertz CT molecular complexity index is 169. The molecule has 0 aromatic rings. The van der Waals surface area contributed by atoms with Crippen LogP contribution >= 0.6 is 10.9 Å². The molecule has 0 unspecified atom stereocenters. The highest BCUT2D eigenvalue weighted by Gasteiger charge is 2.12. The first-order valence-corrected chi connectivity index (χ1v) is 5.19. The van der Waals surface area contributed by atoms with Crippen LogP contribution in [0.25, 0.3) is 0 Å². The quantitative estimate of drug-likeness (QED) is 0.632. The van der Waals surface area contributed by atoms with Crippen molar-refractivity contribution < 1.29 is 19.1 Å². The van der Waals surface area contributed by atoms with Crippen LogP contribution < -0.4 is 0 Å². The summed E-state index contributed by atoms with van der Waals surface area (Å²) in [5, 5.41) is -0.265. The molecule has 5 heteroatoms. The first kappa shape index (κ1) is 11.3. The van der Waals surface area contributed by atoms with Gasteiger partial charge in [-0.25, -0.2) is 4.79 Å². The van der Waals surface area contributed by atoms with Crippen LogP contribution in [0.5, 0.6) is 0 Å². The highest BCUT2D eigenvalue weighted by atomic mass is 32.2. The molecule has 0 N–H and O–H groups in total. The van der Waals surface area contributed by atoms with Gasteiger partial charge in [-0.1, -0.05) is 0 Å². The second-order valence-electron chi connectivity index (χ2n) is 2.12. The number of ether oxygens (including phenoxy) is 2. The fourth-order valence-electron chi connectivity index (χ4n) is 0.564. The van der Waals surface area contributed by atoms with Crippen LogP contribution in [0.3, 0.4) is 0 Å². The zero-order chi connectivity index (χ0) is 9.56. The van der Waals surface area contributed by atoms with Gasteiger partial charge in [0.15, 0.2) is 0 Å². The van der Waals surface area contributed by atoms with Crippen molar-refractivity contribution >= 4 is 22.2 Å². The summed E-state index contributed by atoms with van der Waals surface area (Å²) >= 11 is 0. The molecule has 0 bridgehead atoms. The van der Waals surface area contributed by atoms with Crippen LogP contribution in [-0.4, -0.2) is 37.5 Å². The van der Waals surface area contributed by atoms with E-state index in [1.165, 1.54) is 14.2 Å². The van der Waals surface area contributed by atoms with Crippen LogP contribution in [0.1, 0.15) is 6.42 Å². The highest BCUT2D eigenvalue weighted by molar-refractivity contribution is 8.28. The van der Waals surface area contributed by atoms with E-state index in [1.54, 1.807) is 6.26 Å². The third-order valence-electron chi connectivity index (χ3n) is 1.29. The number of hydrogen-bond acceptors (Lipinski definition) is 4. The van der Waals surface area contributed by atoms with Crippen LogP contribution in [0.2, 0.25) is 0 Å². The van der Waals surface area contributed by atoms with E-state index in [4.69, 9.17) is 0 Å².